The second kappa shape index (κ2) is 5.26. The monoisotopic (exact) mass is 263 g/mol. The minimum absolute atomic E-state index is 0.494. The average Bonchev–Trinajstić information content (AvgIpc) is 2.37. The molecule has 0 unspecified atom stereocenters. The standard InChI is InChI=1S/C15H12F3N/c1-11-2-4-12(5-3-11)10-19-14-8-6-13(7-9-14)15(16,17)18/h2-10H,1H3. The number of rotatable bonds is 2. The molecule has 0 spiro atoms. The molecule has 0 heterocycles. The number of alkyl halides is 3. The highest BCUT2D eigenvalue weighted by molar-refractivity contribution is 5.81. The van der Waals surface area contributed by atoms with Crippen LogP contribution < -0.4 is 0 Å². The molecule has 98 valence electrons. The second-order valence-corrected chi connectivity index (χ2v) is 4.21. The molecule has 0 bridgehead atoms. The average molecular weight is 263 g/mol. The van der Waals surface area contributed by atoms with Gasteiger partial charge in [0.2, 0.25) is 0 Å². The lowest BCUT2D eigenvalue weighted by Gasteiger charge is -2.05. The quantitative estimate of drug-likeness (QED) is 0.692. The van der Waals surface area contributed by atoms with Crippen molar-refractivity contribution in [3.05, 3.63) is 65.2 Å². The fraction of sp³-hybridized carbons (Fsp3) is 0.133. The van der Waals surface area contributed by atoms with Gasteiger partial charge >= 0.3 is 6.18 Å². The maximum Gasteiger partial charge on any atom is 0.416 e. The molecule has 1 nitrogen and oxygen atoms in total. The van der Waals surface area contributed by atoms with Crippen LogP contribution >= 0.6 is 0 Å². The summed E-state index contributed by atoms with van der Waals surface area (Å²) in [5.41, 5.74) is 1.88. The van der Waals surface area contributed by atoms with E-state index in [2.05, 4.69) is 4.99 Å². The van der Waals surface area contributed by atoms with E-state index in [1.54, 1.807) is 6.21 Å². The van der Waals surface area contributed by atoms with Crippen molar-refractivity contribution in [3.63, 3.8) is 0 Å². The van der Waals surface area contributed by atoms with E-state index in [-0.39, 0.29) is 0 Å². The van der Waals surface area contributed by atoms with Crippen molar-refractivity contribution >= 4 is 11.9 Å². The SMILES string of the molecule is Cc1ccc(C=Nc2ccc(C(F)(F)F)cc2)cc1. The van der Waals surface area contributed by atoms with Crippen LogP contribution in [0.3, 0.4) is 0 Å². The van der Waals surface area contributed by atoms with Crippen LogP contribution in [0.1, 0.15) is 16.7 Å². The number of aliphatic imine (C=N–C) groups is 1. The van der Waals surface area contributed by atoms with Gasteiger partial charge in [-0.3, -0.25) is 4.99 Å². The summed E-state index contributed by atoms with van der Waals surface area (Å²) in [4.78, 5) is 4.14. The maximum absolute atomic E-state index is 12.4. The number of nitrogens with zero attached hydrogens (tertiary/aromatic N) is 1. The van der Waals surface area contributed by atoms with E-state index < -0.39 is 11.7 Å². The fourth-order valence-corrected chi connectivity index (χ4v) is 1.54. The molecule has 0 amide bonds. The van der Waals surface area contributed by atoms with Crippen molar-refractivity contribution in [1.29, 1.82) is 0 Å². The largest absolute Gasteiger partial charge is 0.416 e. The summed E-state index contributed by atoms with van der Waals surface area (Å²) >= 11 is 0. The lowest BCUT2D eigenvalue weighted by molar-refractivity contribution is -0.137. The summed E-state index contributed by atoms with van der Waals surface area (Å²) in [5.74, 6) is 0. The minimum Gasteiger partial charge on any atom is -0.256 e. The molecule has 0 aromatic heterocycles. The second-order valence-electron chi connectivity index (χ2n) is 4.21. The molecule has 0 radical (unpaired) electrons. The Balaban J connectivity index is 2.13. The first-order valence-electron chi connectivity index (χ1n) is 5.73. The van der Waals surface area contributed by atoms with Crippen molar-refractivity contribution < 1.29 is 13.2 Å². The molecule has 0 N–H and O–H groups in total. The van der Waals surface area contributed by atoms with Crippen LogP contribution in [0.4, 0.5) is 18.9 Å². The highest BCUT2D eigenvalue weighted by atomic mass is 19.4. The Hall–Kier alpha value is -2.10. The number of benzene rings is 2. The molecule has 0 aliphatic rings. The maximum atomic E-state index is 12.4. The van der Waals surface area contributed by atoms with E-state index in [1.165, 1.54) is 12.1 Å². The Morgan fingerprint density at radius 3 is 2.00 bits per heavy atom. The van der Waals surface area contributed by atoms with Gasteiger partial charge in [0.15, 0.2) is 0 Å². The van der Waals surface area contributed by atoms with Crippen molar-refractivity contribution in [2.45, 2.75) is 13.1 Å². The van der Waals surface area contributed by atoms with Crippen LogP contribution in [-0.2, 0) is 6.18 Å². The zero-order valence-electron chi connectivity index (χ0n) is 10.3. The van der Waals surface area contributed by atoms with Crippen LogP contribution in [-0.4, -0.2) is 6.21 Å². The summed E-state index contributed by atoms with van der Waals surface area (Å²) in [6.07, 6.45) is -2.68. The third kappa shape index (κ3) is 3.68. The van der Waals surface area contributed by atoms with Gasteiger partial charge in [-0.25, -0.2) is 0 Å². The van der Waals surface area contributed by atoms with Crippen molar-refractivity contribution in [2.24, 2.45) is 4.99 Å². The van der Waals surface area contributed by atoms with Crippen molar-refractivity contribution in [3.8, 4) is 0 Å². The molecule has 0 saturated heterocycles. The highest BCUT2D eigenvalue weighted by Gasteiger charge is 2.29. The molecule has 19 heavy (non-hydrogen) atoms. The number of aryl methyl sites for hydroxylation is 1. The molecule has 0 saturated carbocycles. The Bertz CT molecular complexity index is 566. The van der Waals surface area contributed by atoms with E-state index in [1.807, 2.05) is 31.2 Å². The molecular weight excluding hydrogens is 251 g/mol. The molecule has 0 aliphatic carbocycles. The van der Waals surface area contributed by atoms with Gasteiger partial charge in [-0.05, 0) is 36.8 Å². The van der Waals surface area contributed by atoms with Gasteiger partial charge in [0.25, 0.3) is 0 Å². The van der Waals surface area contributed by atoms with Crippen LogP contribution in [0.5, 0.6) is 0 Å². The Morgan fingerprint density at radius 2 is 1.47 bits per heavy atom. The van der Waals surface area contributed by atoms with Gasteiger partial charge in [-0.2, -0.15) is 13.2 Å². The van der Waals surface area contributed by atoms with E-state index in [4.69, 9.17) is 0 Å². The summed E-state index contributed by atoms with van der Waals surface area (Å²) in [6.45, 7) is 1.98. The molecule has 0 atom stereocenters. The first-order chi connectivity index (χ1) is 8.95. The Kier molecular flexibility index (Phi) is 3.69. The molecule has 0 aliphatic heterocycles. The minimum atomic E-state index is -4.31. The molecule has 4 heteroatoms. The number of hydrogen-bond acceptors (Lipinski definition) is 1. The number of hydrogen-bond donors (Lipinski definition) is 0. The van der Waals surface area contributed by atoms with Gasteiger partial charge in [-0.1, -0.05) is 29.8 Å². The van der Waals surface area contributed by atoms with E-state index >= 15 is 0 Å². The van der Waals surface area contributed by atoms with Crippen LogP contribution in [0.15, 0.2) is 53.5 Å². The van der Waals surface area contributed by atoms with E-state index in [9.17, 15) is 13.2 Å². The predicted molar refractivity (Wildman–Crippen MR) is 69.9 cm³/mol. The topological polar surface area (TPSA) is 12.4 Å². The van der Waals surface area contributed by atoms with Gasteiger partial charge in [0.05, 0.1) is 11.3 Å². The van der Waals surface area contributed by atoms with Gasteiger partial charge in [0, 0.05) is 6.21 Å². The Morgan fingerprint density at radius 1 is 0.895 bits per heavy atom. The smallest absolute Gasteiger partial charge is 0.256 e. The molecule has 0 fully saturated rings. The fourth-order valence-electron chi connectivity index (χ4n) is 1.54. The normalized spacial score (nSPS) is 12.0. The number of halogens is 3. The van der Waals surface area contributed by atoms with E-state index in [0.29, 0.717) is 5.69 Å². The van der Waals surface area contributed by atoms with Crippen LogP contribution in [0, 0.1) is 6.92 Å². The van der Waals surface area contributed by atoms with Crippen LogP contribution in [0.2, 0.25) is 0 Å². The first kappa shape index (κ1) is 13.3. The van der Waals surface area contributed by atoms with Crippen molar-refractivity contribution in [1.82, 2.24) is 0 Å². The zero-order valence-corrected chi connectivity index (χ0v) is 10.3. The van der Waals surface area contributed by atoms with Crippen molar-refractivity contribution in [2.75, 3.05) is 0 Å². The summed E-state index contributed by atoms with van der Waals surface area (Å²) in [6, 6.07) is 12.5. The first-order valence-corrected chi connectivity index (χ1v) is 5.73. The van der Waals surface area contributed by atoms with Gasteiger partial charge in [0.1, 0.15) is 0 Å². The molecular formula is C15H12F3N. The molecule has 2 rings (SSSR count). The summed E-state index contributed by atoms with van der Waals surface area (Å²) in [7, 11) is 0. The van der Waals surface area contributed by atoms with Crippen LogP contribution in [0.25, 0.3) is 0 Å². The molecule has 2 aromatic rings. The Labute approximate surface area is 109 Å². The van der Waals surface area contributed by atoms with E-state index in [0.717, 1.165) is 23.3 Å². The van der Waals surface area contributed by atoms with Gasteiger partial charge < -0.3 is 0 Å². The van der Waals surface area contributed by atoms with Gasteiger partial charge in [-0.15, -0.1) is 0 Å². The highest BCUT2D eigenvalue weighted by Crippen LogP contribution is 2.30. The summed E-state index contributed by atoms with van der Waals surface area (Å²) < 4.78 is 37.1. The predicted octanol–water partition coefficient (Wildman–Crippen LogP) is 4.76. The third-order valence-electron chi connectivity index (χ3n) is 2.63. The lowest BCUT2D eigenvalue weighted by atomic mass is 10.2. The summed E-state index contributed by atoms with van der Waals surface area (Å²) in [5, 5.41) is 0. The molecule has 2 aromatic carbocycles. The third-order valence-corrected chi connectivity index (χ3v) is 2.63. The zero-order chi connectivity index (χ0) is 13.9. The lowest BCUT2D eigenvalue weighted by Crippen LogP contribution is -2.03.